The predicted molar refractivity (Wildman–Crippen MR) is 39.5 cm³/mol. The van der Waals surface area contributed by atoms with Gasteiger partial charge in [-0.1, -0.05) is 0 Å². The van der Waals surface area contributed by atoms with Gasteiger partial charge in [0.15, 0.2) is 0 Å². The van der Waals surface area contributed by atoms with Gasteiger partial charge in [0.25, 0.3) is 0 Å². The van der Waals surface area contributed by atoms with Crippen LogP contribution in [0.3, 0.4) is 0 Å². The van der Waals surface area contributed by atoms with Crippen molar-refractivity contribution in [3.63, 3.8) is 0 Å². The van der Waals surface area contributed by atoms with E-state index in [1.54, 1.807) is 0 Å². The van der Waals surface area contributed by atoms with Gasteiger partial charge in [0.05, 0.1) is 0 Å². The first-order valence-corrected chi connectivity index (χ1v) is 4.46. The summed E-state index contributed by atoms with van der Waals surface area (Å²) in [7, 11) is 0. The first kappa shape index (κ1) is 20.6. The summed E-state index contributed by atoms with van der Waals surface area (Å²) in [5.74, 6) is -41.2. The lowest BCUT2D eigenvalue weighted by molar-refractivity contribution is -0.411. The van der Waals surface area contributed by atoms with Crippen LogP contribution in [0.2, 0.25) is 0 Å². The van der Waals surface area contributed by atoms with Gasteiger partial charge in [-0.05, 0) is 0 Å². The fourth-order valence-electron chi connectivity index (χ4n) is 0.926. The molecule has 1 N–H and O–H groups in total. The molecule has 0 aliphatic heterocycles. The van der Waals surface area contributed by atoms with E-state index >= 15 is 0 Å². The number of halogens is 12. The number of rotatable bonds is 6. The summed E-state index contributed by atoms with van der Waals surface area (Å²) in [4.78, 5) is 12.0. The highest BCUT2D eigenvalue weighted by Gasteiger charge is 2.89. The molecule has 132 valence electrons. The Balaban J connectivity index is 6.17. The number of hydrogen-bond donors (Lipinski definition) is 1. The van der Waals surface area contributed by atoms with E-state index in [2.05, 4.69) is 0 Å². The largest absolute Gasteiger partial charge is 0.417 e. The van der Waals surface area contributed by atoms with E-state index in [1.165, 1.54) is 0 Å². The summed E-state index contributed by atoms with van der Waals surface area (Å²) in [5, 5.41) is 7.39. The molecule has 0 aliphatic carbocycles. The quantitative estimate of drug-likeness (QED) is 0.447. The van der Waals surface area contributed by atoms with E-state index in [0.29, 0.717) is 0 Å². The van der Waals surface area contributed by atoms with Gasteiger partial charge in [-0.25, -0.2) is 13.6 Å². The van der Waals surface area contributed by atoms with E-state index in [9.17, 15) is 57.5 Å². The third-order valence-electron chi connectivity index (χ3n) is 2.21. The van der Waals surface area contributed by atoms with Gasteiger partial charge in [-0.2, -0.15) is 49.2 Å². The number of alkyl halides is 12. The van der Waals surface area contributed by atoms with E-state index in [-0.39, 0.29) is 0 Å². The molecule has 0 aromatic rings. The lowest BCUT2D eigenvalue weighted by Crippen LogP contribution is -2.70. The van der Waals surface area contributed by atoms with E-state index in [1.807, 2.05) is 4.89 Å². The molecule has 0 saturated carbocycles. The van der Waals surface area contributed by atoms with Gasteiger partial charge >= 0.3 is 42.0 Å². The highest BCUT2D eigenvalue weighted by molar-refractivity contribution is 5.78. The Morgan fingerprint density at radius 2 is 1.14 bits per heavy atom. The molecular weight excluding hydrogens is 360 g/mol. The monoisotopic (exact) mass is 362 g/mol. The summed E-state index contributed by atoms with van der Waals surface area (Å²) >= 11 is 0. The molecule has 3 nitrogen and oxygen atoms in total. The van der Waals surface area contributed by atoms with Gasteiger partial charge in [0.1, 0.15) is 0 Å². The summed E-state index contributed by atoms with van der Waals surface area (Å²) < 4.78 is 149. The Hall–Kier alpha value is -1.41. The third kappa shape index (κ3) is 2.44. The molecule has 0 aromatic carbocycles. The smallest absolute Gasteiger partial charge is 0.294 e. The normalized spacial score (nSPS) is 15.2. The van der Waals surface area contributed by atoms with E-state index < -0.39 is 42.0 Å². The molecule has 0 saturated heterocycles. The fourth-order valence-corrected chi connectivity index (χ4v) is 0.926. The van der Waals surface area contributed by atoms with Crippen molar-refractivity contribution in [2.45, 2.75) is 36.0 Å². The maximum atomic E-state index is 12.7. The molecule has 0 unspecified atom stereocenters. The molecule has 0 fully saturated rings. The van der Waals surface area contributed by atoms with Gasteiger partial charge in [-0.15, -0.1) is 0 Å². The minimum absolute atomic E-state index is 1.96. The predicted octanol–water partition coefficient (Wildman–Crippen LogP) is 3.44. The molecule has 22 heavy (non-hydrogen) atoms. The fraction of sp³-hybridized carbons (Fsp3) is 0.857. The molecule has 0 spiro atoms. The lowest BCUT2D eigenvalue weighted by atomic mass is 9.94. The summed E-state index contributed by atoms with van der Waals surface area (Å²) in [6.07, 6.45) is -5.64. The van der Waals surface area contributed by atoms with Crippen LogP contribution in [0.25, 0.3) is 0 Å². The molecule has 15 heteroatoms. The Morgan fingerprint density at radius 1 is 0.773 bits per heavy atom. The molecule has 0 aromatic heterocycles. The van der Waals surface area contributed by atoms with Crippen LogP contribution in [-0.2, 0) is 9.68 Å². The molecule has 0 aliphatic rings. The highest BCUT2D eigenvalue weighted by atomic mass is 19.4. The second-order valence-electron chi connectivity index (χ2n) is 3.60. The molecule has 0 atom stereocenters. The Morgan fingerprint density at radius 3 is 1.41 bits per heavy atom. The lowest BCUT2D eigenvalue weighted by Gasteiger charge is -2.37. The van der Waals surface area contributed by atoms with Crippen LogP contribution in [0.15, 0.2) is 0 Å². The Labute approximate surface area is 111 Å². The minimum Gasteiger partial charge on any atom is -0.294 e. The van der Waals surface area contributed by atoms with Crippen LogP contribution < -0.4 is 0 Å². The second-order valence-corrected chi connectivity index (χ2v) is 3.60. The van der Waals surface area contributed by atoms with Crippen molar-refractivity contribution in [3.05, 3.63) is 0 Å². The topological polar surface area (TPSA) is 46.5 Å². The van der Waals surface area contributed by atoms with Gasteiger partial charge < -0.3 is 0 Å². The minimum atomic E-state index is -7.84. The van der Waals surface area contributed by atoms with Crippen LogP contribution in [0.1, 0.15) is 0 Å². The number of carbonyl (C=O) groups is 1. The van der Waals surface area contributed by atoms with Crippen molar-refractivity contribution in [2.75, 3.05) is 0 Å². The molecule has 0 amide bonds. The van der Waals surface area contributed by atoms with Crippen LogP contribution in [0, 0.1) is 0 Å². The Bertz CT molecular complexity index is 430. The third-order valence-corrected chi connectivity index (χ3v) is 2.21. The zero-order valence-electron chi connectivity index (χ0n) is 9.38. The summed E-state index contributed by atoms with van der Waals surface area (Å²) in [6.45, 7) is 0. The van der Waals surface area contributed by atoms with E-state index in [0.717, 1.165) is 0 Å². The molecular formula is C7H2F12O3. The van der Waals surface area contributed by atoms with Gasteiger partial charge in [0, 0.05) is 0 Å². The van der Waals surface area contributed by atoms with Crippen LogP contribution in [-0.4, -0.2) is 47.3 Å². The van der Waals surface area contributed by atoms with Crippen LogP contribution >= 0.6 is 0 Å². The standard InChI is InChI=1S/C7H2F12O3/c8-1(9)3(10,11)5(14,15)7(18,19)6(16,17)4(12,13)2(20)22-21/h1,21H. The zero-order chi connectivity index (χ0) is 18.4. The number of carbonyl (C=O) groups excluding carboxylic acids is 1. The average molecular weight is 362 g/mol. The summed E-state index contributed by atoms with van der Waals surface area (Å²) in [5.41, 5.74) is 0. The second kappa shape index (κ2) is 5.34. The SMILES string of the molecule is O=C(OO)C(F)(F)C(F)(F)C(F)(F)C(F)(F)C(F)(F)C(F)F. The van der Waals surface area contributed by atoms with Gasteiger partial charge in [-0.3, -0.25) is 4.89 Å². The van der Waals surface area contributed by atoms with Crippen molar-refractivity contribution in [2.24, 2.45) is 0 Å². The van der Waals surface area contributed by atoms with E-state index in [4.69, 9.17) is 5.26 Å². The van der Waals surface area contributed by atoms with Crippen LogP contribution in [0.4, 0.5) is 52.7 Å². The van der Waals surface area contributed by atoms with Crippen LogP contribution in [0.5, 0.6) is 0 Å². The molecule has 0 heterocycles. The number of hydrogen-bond acceptors (Lipinski definition) is 3. The Kier molecular flexibility index (Phi) is 5.00. The maximum Gasteiger partial charge on any atom is 0.417 e. The average Bonchev–Trinajstić information content (AvgIpc) is 2.36. The molecule has 0 rings (SSSR count). The van der Waals surface area contributed by atoms with Crippen molar-refractivity contribution in [1.29, 1.82) is 0 Å². The first-order chi connectivity index (χ1) is 9.42. The first-order valence-electron chi connectivity index (χ1n) is 4.46. The zero-order valence-corrected chi connectivity index (χ0v) is 9.38. The van der Waals surface area contributed by atoms with Crippen molar-refractivity contribution in [1.82, 2.24) is 0 Å². The van der Waals surface area contributed by atoms with Crippen molar-refractivity contribution >= 4 is 5.97 Å². The molecule has 0 radical (unpaired) electrons. The highest BCUT2D eigenvalue weighted by Crippen LogP contribution is 2.58. The van der Waals surface area contributed by atoms with Crippen molar-refractivity contribution < 1.29 is 67.6 Å². The maximum absolute atomic E-state index is 12.7. The molecule has 0 bridgehead atoms. The van der Waals surface area contributed by atoms with Crippen molar-refractivity contribution in [3.8, 4) is 0 Å². The summed E-state index contributed by atoms with van der Waals surface area (Å²) in [6, 6.07) is 0. The van der Waals surface area contributed by atoms with Gasteiger partial charge in [0.2, 0.25) is 0 Å².